The summed E-state index contributed by atoms with van der Waals surface area (Å²) < 4.78 is 0. The molecule has 1 fully saturated rings. The highest BCUT2D eigenvalue weighted by Gasteiger charge is 2.26. The Bertz CT molecular complexity index is 559. The lowest BCUT2D eigenvalue weighted by atomic mass is 10.1. The van der Waals surface area contributed by atoms with Crippen molar-refractivity contribution in [1.82, 2.24) is 10.2 Å². The Balaban J connectivity index is 2.36. The average molecular weight is 278 g/mol. The number of carbonyl (C=O) groups is 1. The zero-order valence-electron chi connectivity index (χ0n) is 11.5. The first-order valence-corrected chi connectivity index (χ1v) is 6.47. The number of nitrogens with zero attached hydrogens (tertiary/aromatic N) is 2. The molecule has 0 aromatic heterocycles. The van der Waals surface area contributed by atoms with Crippen LogP contribution in [0.4, 0.5) is 11.4 Å². The molecule has 1 aromatic rings. The van der Waals surface area contributed by atoms with Crippen LogP contribution >= 0.6 is 0 Å². The summed E-state index contributed by atoms with van der Waals surface area (Å²) in [5, 5.41) is 14.2. The first kappa shape index (κ1) is 14.3. The van der Waals surface area contributed by atoms with E-state index >= 15 is 0 Å². The summed E-state index contributed by atoms with van der Waals surface area (Å²) in [4.78, 5) is 24.6. The molecule has 20 heavy (non-hydrogen) atoms. The van der Waals surface area contributed by atoms with Crippen molar-refractivity contribution in [1.29, 1.82) is 0 Å². The molecule has 1 atom stereocenters. The number of nitrogens with one attached hydrogen (secondary N) is 1. The van der Waals surface area contributed by atoms with E-state index in [4.69, 9.17) is 5.73 Å². The van der Waals surface area contributed by atoms with E-state index in [0.29, 0.717) is 25.2 Å². The number of benzene rings is 1. The normalized spacial score (nSPS) is 18.9. The van der Waals surface area contributed by atoms with Gasteiger partial charge < -0.3 is 16.0 Å². The molecular weight excluding hydrogens is 260 g/mol. The number of nitrogen functional groups attached to an aromatic ring is 1. The molecule has 1 heterocycles. The second-order valence-electron chi connectivity index (χ2n) is 5.11. The number of amides is 1. The Morgan fingerprint density at radius 1 is 1.55 bits per heavy atom. The summed E-state index contributed by atoms with van der Waals surface area (Å²) >= 11 is 0. The average Bonchev–Trinajstić information content (AvgIpc) is 2.40. The molecule has 0 bridgehead atoms. The Hall–Kier alpha value is -2.15. The molecule has 1 aliphatic rings. The van der Waals surface area contributed by atoms with Crippen molar-refractivity contribution < 1.29 is 9.72 Å². The maximum atomic E-state index is 12.5. The fraction of sp³-hybridized carbons (Fsp3) is 0.462. The Kier molecular flexibility index (Phi) is 3.89. The predicted molar refractivity (Wildman–Crippen MR) is 75.6 cm³/mol. The number of nitro benzene ring substituents is 1. The number of hydrogen-bond donors (Lipinski definition) is 2. The molecule has 1 unspecified atom stereocenters. The molecule has 0 aliphatic carbocycles. The standard InChI is InChI=1S/C13H18N4O3/c1-8-5-10(12(14)11(6-8)17(19)20)13(18)16-4-3-15-9(2)7-16/h5-6,9,15H,3-4,7,14H2,1-2H3. The number of nitrogens with two attached hydrogens (primary N) is 1. The van der Waals surface area contributed by atoms with Gasteiger partial charge in [0, 0.05) is 31.7 Å². The van der Waals surface area contributed by atoms with Gasteiger partial charge in [0.1, 0.15) is 5.69 Å². The molecule has 0 saturated carbocycles. The molecule has 0 radical (unpaired) electrons. The minimum Gasteiger partial charge on any atom is -0.393 e. The SMILES string of the molecule is Cc1cc(C(=O)N2CCNC(C)C2)c(N)c([N+](=O)[O-])c1. The van der Waals surface area contributed by atoms with Crippen LogP contribution < -0.4 is 11.1 Å². The Morgan fingerprint density at radius 3 is 2.85 bits per heavy atom. The molecule has 1 aliphatic heterocycles. The van der Waals surface area contributed by atoms with Crippen molar-refractivity contribution >= 4 is 17.3 Å². The van der Waals surface area contributed by atoms with Gasteiger partial charge in [-0.3, -0.25) is 14.9 Å². The van der Waals surface area contributed by atoms with Gasteiger partial charge >= 0.3 is 0 Å². The third-order valence-corrected chi connectivity index (χ3v) is 3.39. The molecule has 7 heteroatoms. The number of piperazine rings is 1. The van der Waals surface area contributed by atoms with Crippen molar-refractivity contribution in [2.24, 2.45) is 0 Å². The fourth-order valence-corrected chi connectivity index (χ4v) is 2.39. The van der Waals surface area contributed by atoms with Crippen LogP contribution in [0.5, 0.6) is 0 Å². The second-order valence-corrected chi connectivity index (χ2v) is 5.11. The number of nitro groups is 1. The first-order valence-electron chi connectivity index (χ1n) is 6.47. The second kappa shape index (κ2) is 5.46. The maximum absolute atomic E-state index is 12.5. The largest absolute Gasteiger partial charge is 0.393 e. The van der Waals surface area contributed by atoms with Crippen LogP contribution in [-0.4, -0.2) is 41.4 Å². The van der Waals surface area contributed by atoms with Gasteiger partial charge in [-0.15, -0.1) is 0 Å². The van der Waals surface area contributed by atoms with Crippen molar-refractivity contribution in [3.05, 3.63) is 33.4 Å². The van der Waals surface area contributed by atoms with E-state index in [9.17, 15) is 14.9 Å². The zero-order valence-corrected chi connectivity index (χ0v) is 11.5. The summed E-state index contributed by atoms with van der Waals surface area (Å²) in [7, 11) is 0. The van der Waals surface area contributed by atoms with Gasteiger partial charge in [0.15, 0.2) is 0 Å². The molecule has 108 valence electrons. The highest BCUT2D eigenvalue weighted by atomic mass is 16.6. The lowest BCUT2D eigenvalue weighted by Gasteiger charge is -2.32. The van der Waals surface area contributed by atoms with E-state index in [1.54, 1.807) is 17.9 Å². The van der Waals surface area contributed by atoms with E-state index in [1.807, 2.05) is 6.92 Å². The topological polar surface area (TPSA) is 102 Å². The van der Waals surface area contributed by atoms with Gasteiger partial charge in [0.25, 0.3) is 11.6 Å². The Labute approximate surface area is 116 Å². The van der Waals surface area contributed by atoms with E-state index in [-0.39, 0.29) is 28.9 Å². The van der Waals surface area contributed by atoms with Gasteiger partial charge in [-0.05, 0) is 25.5 Å². The number of carbonyl (C=O) groups excluding carboxylic acids is 1. The number of hydrogen-bond acceptors (Lipinski definition) is 5. The van der Waals surface area contributed by atoms with Crippen molar-refractivity contribution in [3.63, 3.8) is 0 Å². The van der Waals surface area contributed by atoms with Gasteiger partial charge in [-0.2, -0.15) is 0 Å². The van der Waals surface area contributed by atoms with Crippen LogP contribution in [0.3, 0.4) is 0 Å². The van der Waals surface area contributed by atoms with Crippen LogP contribution in [0.15, 0.2) is 12.1 Å². The summed E-state index contributed by atoms with van der Waals surface area (Å²) in [6, 6.07) is 3.19. The molecule has 3 N–H and O–H groups in total. The van der Waals surface area contributed by atoms with E-state index in [2.05, 4.69) is 5.32 Å². The summed E-state index contributed by atoms with van der Waals surface area (Å²) in [6.45, 7) is 5.55. The lowest BCUT2D eigenvalue weighted by Crippen LogP contribution is -2.51. The molecule has 2 rings (SSSR count). The molecule has 0 spiro atoms. The van der Waals surface area contributed by atoms with Gasteiger partial charge in [-0.25, -0.2) is 0 Å². The van der Waals surface area contributed by atoms with Crippen LogP contribution in [0.25, 0.3) is 0 Å². The van der Waals surface area contributed by atoms with E-state index < -0.39 is 4.92 Å². The predicted octanol–water partition coefficient (Wildman–Crippen LogP) is 0.919. The van der Waals surface area contributed by atoms with Crippen LogP contribution in [0, 0.1) is 17.0 Å². The maximum Gasteiger partial charge on any atom is 0.293 e. The highest BCUT2D eigenvalue weighted by molar-refractivity contribution is 6.01. The number of rotatable bonds is 2. The molecular formula is C13H18N4O3. The summed E-state index contributed by atoms with van der Waals surface area (Å²) in [5.74, 6) is -0.248. The van der Waals surface area contributed by atoms with Crippen LogP contribution in [0.2, 0.25) is 0 Å². The zero-order chi connectivity index (χ0) is 14.9. The van der Waals surface area contributed by atoms with Crippen LogP contribution in [-0.2, 0) is 0 Å². The smallest absolute Gasteiger partial charge is 0.293 e. The summed E-state index contributed by atoms with van der Waals surface area (Å²) in [5.41, 5.74) is 6.38. The number of anilines is 1. The first-order chi connectivity index (χ1) is 9.40. The van der Waals surface area contributed by atoms with Crippen molar-refractivity contribution in [3.8, 4) is 0 Å². The highest BCUT2D eigenvalue weighted by Crippen LogP contribution is 2.28. The quantitative estimate of drug-likeness (QED) is 0.476. The minimum atomic E-state index is -0.556. The number of aryl methyl sites for hydroxylation is 1. The molecule has 1 saturated heterocycles. The lowest BCUT2D eigenvalue weighted by molar-refractivity contribution is -0.384. The fourth-order valence-electron chi connectivity index (χ4n) is 2.39. The van der Waals surface area contributed by atoms with Gasteiger partial charge in [0.05, 0.1) is 10.5 Å². The molecule has 1 amide bonds. The monoisotopic (exact) mass is 278 g/mol. The molecule has 7 nitrogen and oxygen atoms in total. The minimum absolute atomic E-state index is 0.0585. The van der Waals surface area contributed by atoms with Gasteiger partial charge in [0.2, 0.25) is 0 Å². The van der Waals surface area contributed by atoms with Gasteiger partial charge in [-0.1, -0.05) is 0 Å². The van der Waals surface area contributed by atoms with Crippen LogP contribution in [0.1, 0.15) is 22.8 Å². The Morgan fingerprint density at radius 2 is 2.25 bits per heavy atom. The van der Waals surface area contributed by atoms with Crippen molar-refractivity contribution in [2.75, 3.05) is 25.4 Å². The third-order valence-electron chi connectivity index (χ3n) is 3.39. The third kappa shape index (κ3) is 2.72. The van der Waals surface area contributed by atoms with E-state index in [1.165, 1.54) is 6.07 Å². The van der Waals surface area contributed by atoms with E-state index in [0.717, 1.165) is 0 Å². The van der Waals surface area contributed by atoms with Crippen molar-refractivity contribution in [2.45, 2.75) is 19.9 Å². The molecule has 1 aromatic carbocycles. The summed E-state index contributed by atoms with van der Waals surface area (Å²) in [6.07, 6.45) is 0.